The number of esters is 1. The maximum absolute atomic E-state index is 11.1. The van der Waals surface area contributed by atoms with Crippen LogP contribution in [0.1, 0.15) is 37.4 Å². The minimum atomic E-state index is -0.139. The Hall–Kier alpha value is -1.00. The molecule has 0 aliphatic rings. The molecule has 0 saturated carbocycles. The third-order valence-corrected chi connectivity index (χ3v) is 4.48. The molecule has 0 aliphatic heterocycles. The third kappa shape index (κ3) is 5.55. The molecule has 0 fully saturated rings. The van der Waals surface area contributed by atoms with Crippen molar-refractivity contribution < 1.29 is 9.53 Å². The Kier molecular flexibility index (Phi) is 7.70. The van der Waals surface area contributed by atoms with Crippen LogP contribution in [0.25, 0.3) is 0 Å². The first kappa shape index (κ1) is 17.1. The monoisotopic (exact) mass is 295 g/mol. The van der Waals surface area contributed by atoms with Gasteiger partial charge < -0.3 is 10.1 Å². The van der Waals surface area contributed by atoms with Gasteiger partial charge in [0.1, 0.15) is 0 Å². The number of rotatable bonds is 8. The van der Waals surface area contributed by atoms with E-state index in [1.165, 1.54) is 18.2 Å². The first-order valence-electron chi connectivity index (χ1n) is 7.06. The van der Waals surface area contributed by atoms with Gasteiger partial charge in [-0.1, -0.05) is 43.7 Å². The van der Waals surface area contributed by atoms with Crippen LogP contribution in [0.5, 0.6) is 0 Å². The third-order valence-electron chi connectivity index (χ3n) is 3.24. The molecule has 0 spiro atoms. The van der Waals surface area contributed by atoms with Gasteiger partial charge in [0.25, 0.3) is 0 Å². The van der Waals surface area contributed by atoms with Crippen LogP contribution in [0.4, 0.5) is 0 Å². The SMILES string of the molecule is CCNC(c1ccc(C)cc1)C(C)SCCC(=O)OC. The van der Waals surface area contributed by atoms with Crippen LogP contribution in [0.3, 0.4) is 0 Å². The molecule has 1 aromatic carbocycles. The molecule has 0 aromatic heterocycles. The van der Waals surface area contributed by atoms with Crippen LogP contribution >= 0.6 is 11.8 Å². The molecule has 3 nitrogen and oxygen atoms in total. The van der Waals surface area contributed by atoms with Crippen LogP contribution in [0.2, 0.25) is 0 Å². The first-order chi connectivity index (χ1) is 9.58. The van der Waals surface area contributed by atoms with Crippen molar-refractivity contribution in [1.29, 1.82) is 0 Å². The minimum absolute atomic E-state index is 0.139. The van der Waals surface area contributed by atoms with Gasteiger partial charge in [-0.15, -0.1) is 0 Å². The summed E-state index contributed by atoms with van der Waals surface area (Å²) in [6.07, 6.45) is 0.470. The Balaban J connectivity index is 2.60. The van der Waals surface area contributed by atoms with Crippen molar-refractivity contribution in [3.05, 3.63) is 35.4 Å². The number of hydrogen-bond acceptors (Lipinski definition) is 4. The zero-order valence-electron chi connectivity index (χ0n) is 12.8. The van der Waals surface area contributed by atoms with Gasteiger partial charge in [0.15, 0.2) is 0 Å². The molecule has 1 rings (SSSR count). The molecular formula is C16H25NO2S. The summed E-state index contributed by atoms with van der Waals surface area (Å²) < 4.78 is 4.67. The summed E-state index contributed by atoms with van der Waals surface area (Å²) in [5.41, 5.74) is 2.57. The van der Waals surface area contributed by atoms with Crippen molar-refractivity contribution >= 4 is 17.7 Å². The molecule has 2 unspecified atom stereocenters. The van der Waals surface area contributed by atoms with Crippen LogP contribution < -0.4 is 5.32 Å². The summed E-state index contributed by atoms with van der Waals surface area (Å²) in [7, 11) is 1.43. The highest BCUT2D eigenvalue weighted by atomic mass is 32.2. The molecule has 0 aliphatic carbocycles. The summed E-state index contributed by atoms with van der Waals surface area (Å²) in [6, 6.07) is 8.96. The van der Waals surface area contributed by atoms with E-state index < -0.39 is 0 Å². The second kappa shape index (κ2) is 9.03. The topological polar surface area (TPSA) is 38.3 Å². The van der Waals surface area contributed by atoms with E-state index in [9.17, 15) is 4.79 Å². The molecule has 2 atom stereocenters. The molecule has 1 N–H and O–H groups in total. The van der Waals surface area contributed by atoms with Crippen LogP contribution in [0.15, 0.2) is 24.3 Å². The Morgan fingerprint density at radius 3 is 2.55 bits per heavy atom. The lowest BCUT2D eigenvalue weighted by molar-refractivity contribution is -0.140. The van der Waals surface area contributed by atoms with Crippen LogP contribution in [0, 0.1) is 6.92 Å². The van der Waals surface area contributed by atoms with E-state index in [0.29, 0.717) is 17.7 Å². The van der Waals surface area contributed by atoms with Gasteiger partial charge in [-0.25, -0.2) is 0 Å². The fourth-order valence-corrected chi connectivity index (χ4v) is 3.18. The van der Waals surface area contributed by atoms with E-state index in [0.717, 1.165) is 12.3 Å². The highest BCUT2D eigenvalue weighted by Crippen LogP contribution is 2.27. The van der Waals surface area contributed by atoms with Gasteiger partial charge in [-0.3, -0.25) is 4.79 Å². The van der Waals surface area contributed by atoms with Crippen molar-refractivity contribution in [3.8, 4) is 0 Å². The van der Waals surface area contributed by atoms with Crippen molar-refractivity contribution in [3.63, 3.8) is 0 Å². The summed E-state index contributed by atoms with van der Waals surface area (Å²) in [4.78, 5) is 11.1. The molecule has 0 bridgehead atoms. The average molecular weight is 295 g/mol. The lowest BCUT2D eigenvalue weighted by atomic mass is 10.0. The maximum Gasteiger partial charge on any atom is 0.306 e. The van der Waals surface area contributed by atoms with E-state index in [4.69, 9.17) is 0 Å². The van der Waals surface area contributed by atoms with Crippen LogP contribution in [-0.4, -0.2) is 30.6 Å². The molecule has 0 amide bonds. The van der Waals surface area contributed by atoms with Gasteiger partial charge in [0.05, 0.1) is 13.5 Å². The average Bonchev–Trinajstić information content (AvgIpc) is 2.45. The molecule has 20 heavy (non-hydrogen) atoms. The fraction of sp³-hybridized carbons (Fsp3) is 0.562. The second-order valence-electron chi connectivity index (χ2n) is 4.85. The number of carbonyl (C=O) groups is 1. The zero-order chi connectivity index (χ0) is 15.0. The van der Waals surface area contributed by atoms with E-state index in [1.807, 2.05) is 0 Å². The number of methoxy groups -OCH3 is 1. The molecule has 1 aromatic rings. The highest BCUT2D eigenvalue weighted by molar-refractivity contribution is 7.99. The van der Waals surface area contributed by atoms with Crippen molar-refractivity contribution in [1.82, 2.24) is 5.32 Å². The lowest BCUT2D eigenvalue weighted by Crippen LogP contribution is -2.28. The van der Waals surface area contributed by atoms with Crippen LogP contribution in [-0.2, 0) is 9.53 Å². The molecule has 0 heterocycles. The van der Waals surface area contributed by atoms with Crippen molar-refractivity contribution in [2.75, 3.05) is 19.4 Å². The fourth-order valence-electron chi connectivity index (χ4n) is 2.07. The summed E-state index contributed by atoms with van der Waals surface area (Å²) >= 11 is 1.80. The predicted octanol–water partition coefficient (Wildman–Crippen LogP) is 3.33. The Morgan fingerprint density at radius 2 is 2.00 bits per heavy atom. The Morgan fingerprint density at radius 1 is 1.35 bits per heavy atom. The van der Waals surface area contributed by atoms with Crippen molar-refractivity contribution in [2.24, 2.45) is 0 Å². The zero-order valence-corrected chi connectivity index (χ0v) is 13.6. The molecule has 112 valence electrons. The van der Waals surface area contributed by atoms with Gasteiger partial charge in [-0.05, 0) is 19.0 Å². The van der Waals surface area contributed by atoms with E-state index >= 15 is 0 Å². The largest absolute Gasteiger partial charge is 0.469 e. The highest BCUT2D eigenvalue weighted by Gasteiger charge is 2.18. The Bertz CT molecular complexity index is 405. The van der Waals surface area contributed by atoms with E-state index in [2.05, 4.69) is 55.1 Å². The number of thioether (sulfide) groups is 1. The number of hydrogen-bond donors (Lipinski definition) is 1. The summed E-state index contributed by atoms with van der Waals surface area (Å²) in [6.45, 7) is 7.35. The number of ether oxygens (including phenoxy) is 1. The van der Waals surface area contributed by atoms with Gasteiger partial charge in [0.2, 0.25) is 0 Å². The first-order valence-corrected chi connectivity index (χ1v) is 8.11. The molecule has 4 heteroatoms. The van der Waals surface area contributed by atoms with Gasteiger partial charge in [-0.2, -0.15) is 11.8 Å². The number of aryl methyl sites for hydroxylation is 1. The molecule has 0 radical (unpaired) electrons. The predicted molar refractivity (Wildman–Crippen MR) is 86.1 cm³/mol. The quantitative estimate of drug-likeness (QED) is 0.747. The molecular weight excluding hydrogens is 270 g/mol. The summed E-state index contributed by atoms with van der Waals surface area (Å²) in [5.74, 6) is 0.654. The van der Waals surface area contributed by atoms with Crippen molar-refractivity contribution in [2.45, 2.75) is 38.5 Å². The Labute approximate surface area is 126 Å². The summed E-state index contributed by atoms with van der Waals surface area (Å²) in [5, 5.41) is 3.94. The van der Waals surface area contributed by atoms with E-state index in [-0.39, 0.29) is 5.97 Å². The normalized spacial score (nSPS) is 13.8. The minimum Gasteiger partial charge on any atom is -0.469 e. The maximum atomic E-state index is 11.1. The lowest BCUT2D eigenvalue weighted by Gasteiger charge is -2.25. The van der Waals surface area contributed by atoms with Gasteiger partial charge in [0, 0.05) is 17.0 Å². The smallest absolute Gasteiger partial charge is 0.306 e. The second-order valence-corrected chi connectivity index (χ2v) is 6.33. The van der Waals surface area contributed by atoms with Gasteiger partial charge >= 0.3 is 5.97 Å². The molecule has 0 saturated heterocycles. The number of benzene rings is 1. The standard InChI is InChI=1S/C16H25NO2S/c1-5-17-16(14-8-6-12(2)7-9-14)13(3)20-11-10-15(18)19-4/h6-9,13,16-17H,5,10-11H2,1-4H3. The number of nitrogens with one attached hydrogen (secondary N) is 1. The van der Waals surface area contributed by atoms with E-state index in [1.54, 1.807) is 11.8 Å². The number of carbonyl (C=O) groups excluding carboxylic acids is 1.